The second-order valence-electron chi connectivity index (χ2n) is 2.96. The zero-order valence-electron chi connectivity index (χ0n) is 10.4. The Morgan fingerprint density at radius 2 is 0.875 bits per heavy atom. The van der Waals surface area contributed by atoms with E-state index in [-0.39, 0.29) is 27.2 Å². The van der Waals surface area contributed by atoms with Crippen molar-refractivity contribution >= 4 is 14.7 Å². The number of hydrogen-bond donors (Lipinski definition) is 2. The Morgan fingerprint density at radius 1 is 0.750 bits per heavy atom. The third-order valence-corrected chi connectivity index (χ3v) is 5.93. The van der Waals surface area contributed by atoms with Crippen molar-refractivity contribution in [1.29, 1.82) is 0 Å². The molecule has 0 aliphatic rings. The topological polar surface area (TPSA) is 106 Å². The fourth-order valence-electron chi connectivity index (χ4n) is 0.447. The smallest absolute Gasteiger partial charge is 0.200 e. The zero-order valence-corrected chi connectivity index (χ0v) is 13.8. The molecule has 0 saturated carbocycles. The average molecular weight is 310 g/mol. The molecule has 0 heterocycles. The van der Waals surface area contributed by atoms with Gasteiger partial charge in [-0.25, -0.2) is 0 Å². The van der Waals surface area contributed by atoms with Crippen LogP contribution in [0.25, 0.3) is 0 Å². The summed E-state index contributed by atoms with van der Waals surface area (Å²) in [6, 6.07) is 0. The van der Waals surface area contributed by atoms with Gasteiger partial charge in [-0.3, -0.25) is 9.13 Å². The second kappa shape index (κ2) is 12.5. The molecular weight excluding hydrogens is 286 g/mol. The van der Waals surface area contributed by atoms with Crippen LogP contribution in [0.3, 0.4) is 0 Å². The van der Waals surface area contributed by atoms with Gasteiger partial charge in [-0.15, -0.1) is 0 Å². The third-order valence-electron chi connectivity index (χ3n) is 1.98. The van der Waals surface area contributed by atoms with Crippen molar-refractivity contribution in [2.24, 2.45) is 0 Å². The van der Waals surface area contributed by atoms with Crippen LogP contribution in [-0.4, -0.2) is 39.9 Å². The maximum atomic E-state index is 10.5. The van der Waals surface area contributed by atoms with Crippen molar-refractivity contribution in [2.45, 2.75) is 27.7 Å². The van der Waals surface area contributed by atoms with E-state index in [0.717, 1.165) is 0 Å². The van der Waals surface area contributed by atoms with E-state index in [9.17, 15) is 9.13 Å². The summed E-state index contributed by atoms with van der Waals surface area (Å²) in [5.74, 6) is 0. The molecule has 0 aromatic carbocycles. The Morgan fingerprint density at radius 3 is 0.875 bits per heavy atom. The molecule has 0 saturated heterocycles. The van der Waals surface area contributed by atoms with Crippen molar-refractivity contribution in [3.8, 4) is 0 Å². The van der Waals surface area contributed by atoms with Gasteiger partial charge in [0.2, 0.25) is 0 Å². The van der Waals surface area contributed by atoms with Gasteiger partial charge in [0, 0.05) is 46.4 Å². The first kappa shape index (κ1) is 25.8. The number of rotatable bonds is 4. The molecule has 16 heavy (non-hydrogen) atoms. The van der Waals surface area contributed by atoms with Crippen molar-refractivity contribution in [1.82, 2.24) is 0 Å². The molecule has 0 unspecified atom stereocenters. The van der Waals surface area contributed by atoms with Crippen LogP contribution in [0.4, 0.5) is 0 Å². The minimum Gasteiger partial charge on any atom is -0.412 e. The molecule has 8 heteroatoms. The van der Waals surface area contributed by atoms with E-state index >= 15 is 0 Å². The standard InChI is InChI=1S/2C4H11O2P.H2O.Ti/c2*1-3-7(5,6)4-2;;/h2*3-4H2,1-2H3,(H,5,6);1H2;. The van der Waals surface area contributed by atoms with Gasteiger partial charge in [0.1, 0.15) is 0 Å². The Labute approximate surface area is 113 Å². The van der Waals surface area contributed by atoms with Crippen molar-refractivity contribution < 1.29 is 46.1 Å². The van der Waals surface area contributed by atoms with Crippen LogP contribution in [0.5, 0.6) is 0 Å². The van der Waals surface area contributed by atoms with Gasteiger partial charge >= 0.3 is 0 Å². The molecule has 0 aromatic rings. The van der Waals surface area contributed by atoms with Crippen LogP contribution in [0.2, 0.25) is 0 Å². The van der Waals surface area contributed by atoms with E-state index in [1.807, 2.05) is 0 Å². The zero-order chi connectivity index (χ0) is 11.8. The predicted octanol–water partition coefficient (Wildman–Crippen LogP) is 1.77. The van der Waals surface area contributed by atoms with Gasteiger partial charge in [0.25, 0.3) is 0 Å². The van der Waals surface area contributed by atoms with Gasteiger partial charge in [-0.1, -0.05) is 27.7 Å². The molecule has 0 bridgehead atoms. The SMILES string of the molecule is CCP(=O)(O)CC.CCP(=O)(O)CC.O.[Ti]. The molecule has 0 atom stereocenters. The quantitative estimate of drug-likeness (QED) is 0.609. The monoisotopic (exact) mass is 310 g/mol. The van der Waals surface area contributed by atoms with Gasteiger partial charge in [0.15, 0.2) is 14.7 Å². The van der Waals surface area contributed by atoms with E-state index in [1.54, 1.807) is 27.7 Å². The normalized spacial score (nSPS) is 10.4. The molecule has 0 aliphatic carbocycles. The Balaban J connectivity index is -0.0000000800. The predicted molar refractivity (Wildman–Crippen MR) is 65.4 cm³/mol. The van der Waals surface area contributed by atoms with Crippen molar-refractivity contribution in [3.63, 3.8) is 0 Å². The summed E-state index contributed by atoms with van der Waals surface area (Å²) < 4.78 is 21.0. The Bertz CT molecular complexity index is 194. The van der Waals surface area contributed by atoms with Crippen molar-refractivity contribution in [2.75, 3.05) is 24.6 Å². The minimum absolute atomic E-state index is 0. The van der Waals surface area contributed by atoms with Crippen LogP contribution < -0.4 is 0 Å². The second-order valence-corrected chi connectivity index (χ2v) is 8.87. The van der Waals surface area contributed by atoms with E-state index in [1.165, 1.54) is 0 Å². The minimum atomic E-state index is -2.65. The molecule has 4 N–H and O–H groups in total. The third kappa shape index (κ3) is 17.4. The summed E-state index contributed by atoms with van der Waals surface area (Å²) >= 11 is 0. The van der Waals surface area contributed by atoms with Crippen LogP contribution in [0.1, 0.15) is 27.7 Å². The summed E-state index contributed by atoms with van der Waals surface area (Å²) in [5.41, 5.74) is 0. The molecule has 0 rings (SSSR count). The van der Waals surface area contributed by atoms with Crippen LogP contribution in [-0.2, 0) is 30.8 Å². The molecule has 100 valence electrons. The average Bonchev–Trinajstić information content (AvgIpc) is 2.19. The molecule has 0 spiro atoms. The van der Waals surface area contributed by atoms with Crippen molar-refractivity contribution in [3.05, 3.63) is 0 Å². The fraction of sp³-hybridized carbons (Fsp3) is 1.00. The summed E-state index contributed by atoms with van der Waals surface area (Å²) in [4.78, 5) is 17.4. The van der Waals surface area contributed by atoms with Gasteiger partial charge < -0.3 is 15.3 Å². The van der Waals surface area contributed by atoms with Gasteiger partial charge in [-0.05, 0) is 0 Å². The Hall–Kier alpha value is 1.05. The van der Waals surface area contributed by atoms with E-state index in [0.29, 0.717) is 24.6 Å². The molecule has 0 aromatic heterocycles. The molecule has 0 radical (unpaired) electrons. The van der Waals surface area contributed by atoms with Crippen LogP contribution in [0, 0.1) is 0 Å². The van der Waals surface area contributed by atoms with E-state index in [4.69, 9.17) is 9.79 Å². The first-order valence-corrected chi connectivity index (χ1v) is 8.92. The fourth-order valence-corrected chi connectivity index (χ4v) is 1.34. The van der Waals surface area contributed by atoms with E-state index < -0.39 is 14.7 Å². The largest absolute Gasteiger partial charge is 0.412 e. The molecule has 5 nitrogen and oxygen atoms in total. The number of hydrogen-bond acceptors (Lipinski definition) is 2. The van der Waals surface area contributed by atoms with Crippen LogP contribution >= 0.6 is 14.7 Å². The summed E-state index contributed by atoms with van der Waals surface area (Å²) in [7, 11) is -5.31. The first-order chi connectivity index (χ1) is 6.24. The maximum Gasteiger partial charge on any atom is 0.200 e. The molecule has 0 amide bonds. The maximum absolute atomic E-state index is 10.5. The molecule has 0 fully saturated rings. The summed E-state index contributed by atoms with van der Waals surface area (Å²) in [5, 5.41) is 0. The summed E-state index contributed by atoms with van der Waals surface area (Å²) in [6.45, 7) is 6.91. The molecular formula is C8H24O5P2Ti. The van der Waals surface area contributed by atoms with Gasteiger partial charge in [-0.2, -0.15) is 0 Å². The van der Waals surface area contributed by atoms with E-state index in [2.05, 4.69) is 0 Å². The van der Waals surface area contributed by atoms with Crippen LogP contribution in [0.15, 0.2) is 0 Å². The summed E-state index contributed by atoms with van der Waals surface area (Å²) in [6.07, 6.45) is 1.62. The molecule has 0 aliphatic heterocycles. The van der Waals surface area contributed by atoms with Gasteiger partial charge in [0.05, 0.1) is 0 Å². The Kier molecular flexibility index (Phi) is 20.2. The first-order valence-electron chi connectivity index (χ1n) is 4.86.